The number of aromatic nitrogens is 3. The third-order valence-corrected chi connectivity index (χ3v) is 11.9. The molecule has 17 nitrogen and oxygen atoms in total. The first kappa shape index (κ1) is 46.8. The number of likely N-dealkylation sites (tertiary alicyclic amines) is 1. The van der Waals surface area contributed by atoms with Gasteiger partial charge in [0, 0.05) is 62.9 Å². The standard InChI is InChI=1S/C46H57N11O6S/c1-29-40(64-28-54-29)32-13-11-30(12-14-32)23-51-43(61)37-22-34(58)26-56(37)44(62)41(46(2,3)4)55-39(60)10-6-5-9-38(59)50-20-19-49-33-17-15-31(16-18-33)36-25-53-45(57(27-47)42(36)48)52-24-35-8-7-21-63-35/h7-8,11-18,21,25,27-28,34,37,41,47,49,58H,5-6,9-10,19-20,22-24,26,48H2,1-4H3,(H,50,59)(H,51,61)(H,55,60)/t34-,37+,41-/m1/s1. The van der Waals surface area contributed by atoms with E-state index in [-0.39, 0.29) is 62.2 Å². The summed E-state index contributed by atoms with van der Waals surface area (Å²) in [5, 5.41) is 30.4. The average molecular weight is 892 g/mol. The molecule has 0 aliphatic carbocycles. The number of nitrogens with zero attached hydrogens (tertiary/aromatic N) is 5. The third kappa shape index (κ3) is 12.3. The van der Waals surface area contributed by atoms with E-state index >= 15 is 0 Å². The molecular formula is C46H57N11O6S. The number of thiazole rings is 1. The summed E-state index contributed by atoms with van der Waals surface area (Å²) in [5.74, 6) is -0.273. The maximum Gasteiger partial charge on any atom is 0.246 e. The number of anilines is 2. The van der Waals surface area contributed by atoms with Crippen LogP contribution in [0.4, 0.5) is 11.5 Å². The minimum atomic E-state index is -0.934. The van der Waals surface area contributed by atoms with Gasteiger partial charge < -0.3 is 41.4 Å². The lowest BCUT2D eigenvalue weighted by Crippen LogP contribution is -2.57. The van der Waals surface area contributed by atoms with E-state index in [1.165, 1.54) is 9.47 Å². The number of nitrogens with one attached hydrogen (secondary N) is 5. The second-order valence-electron chi connectivity index (χ2n) is 16.8. The van der Waals surface area contributed by atoms with E-state index in [4.69, 9.17) is 15.6 Å². The number of amides is 4. The minimum absolute atomic E-state index is 0.0130. The molecule has 3 aromatic heterocycles. The molecule has 8 N–H and O–H groups in total. The minimum Gasteiger partial charge on any atom is -0.467 e. The van der Waals surface area contributed by atoms with Crippen molar-refractivity contribution in [3.8, 4) is 21.6 Å². The SMILES string of the molecule is Cc1ncsc1-c1ccc(CNC(=O)[C@@H]2C[C@@H](O)CN2C(=O)[C@@H](NC(=O)CCCCC(=O)NCCNc2ccc(-c3cnc(=NCc4ccco4)n(C=N)c3N)cc2)C(C)(C)C)cc1. The number of nitrogen functional groups attached to an aromatic ring is 1. The van der Waals surface area contributed by atoms with Crippen LogP contribution in [-0.4, -0.2) is 92.3 Å². The average Bonchev–Trinajstić information content (AvgIpc) is 4.06. The fraction of sp³-hybridized carbons (Fsp3) is 0.391. The van der Waals surface area contributed by atoms with Gasteiger partial charge in [-0.2, -0.15) is 0 Å². The largest absolute Gasteiger partial charge is 0.467 e. The highest BCUT2D eigenvalue weighted by molar-refractivity contribution is 7.13. The first-order valence-electron chi connectivity index (χ1n) is 21.3. The molecule has 0 saturated carbocycles. The molecule has 64 heavy (non-hydrogen) atoms. The summed E-state index contributed by atoms with van der Waals surface area (Å²) >= 11 is 1.57. The zero-order valence-corrected chi connectivity index (χ0v) is 37.4. The molecule has 0 bridgehead atoms. The number of hydrogen-bond donors (Lipinski definition) is 7. The fourth-order valence-corrected chi connectivity index (χ4v) is 8.17. The number of benzene rings is 2. The summed E-state index contributed by atoms with van der Waals surface area (Å²) in [6.45, 7) is 8.87. The Morgan fingerprint density at radius 2 is 1.72 bits per heavy atom. The predicted molar refractivity (Wildman–Crippen MR) is 246 cm³/mol. The van der Waals surface area contributed by atoms with E-state index < -0.39 is 29.5 Å². The van der Waals surface area contributed by atoms with Crippen molar-refractivity contribution in [1.82, 2.24) is 35.4 Å². The van der Waals surface area contributed by atoms with Crippen LogP contribution in [-0.2, 0) is 32.3 Å². The number of nitrogens with two attached hydrogens (primary N) is 1. The van der Waals surface area contributed by atoms with Crippen LogP contribution in [0.1, 0.15) is 69.9 Å². The maximum atomic E-state index is 14.0. The number of aliphatic hydroxyl groups is 1. The van der Waals surface area contributed by atoms with Crippen molar-refractivity contribution in [3.05, 3.63) is 101 Å². The molecule has 5 aromatic rings. The number of rotatable bonds is 19. The van der Waals surface area contributed by atoms with E-state index in [9.17, 15) is 24.3 Å². The smallest absolute Gasteiger partial charge is 0.246 e. The number of β-amino-alcohol motifs (C(OH)–C–C–N with tert-alkyl or cyclic N) is 1. The molecular weight excluding hydrogens is 835 g/mol. The lowest BCUT2D eigenvalue weighted by Gasteiger charge is -2.35. The summed E-state index contributed by atoms with van der Waals surface area (Å²) < 4.78 is 6.73. The van der Waals surface area contributed by atoms with Crippen LogP contribution < -0.4 is 32.6 Å². The molecule has 0 spiro atoms. The van der Waals surface area contributed by atoms with Crippen molar-refractivity contribution < 1.29 is 28.7 Å². The van der Waals surface area contributed by atoms with Crippen molar-refractivity contribution in [3.63, 3.8) is 0 Å². The molecule has 3 atom stereocenters. The Morgan fingerprint density at radius 1 is 1.00 bits per heavy atom. The van der Waals surface area contributed by atoms with E-state index in [0.717, 1.165) is 39.3 Å². The number of hydrogen-bond acceptors (Lipinski definition) is 13. The van der Waals surface area contributed by atoms with Gasteiger partial charge in [0.15, 0.2) is 0 Å². The van der Waals surface area contributed by atoms with E-state index in [1.54, 1.807) is 35.9 Å². The number of carbonyl (C=O) groups excluding carboxylic acids is 4. The van der Waals surface area contributed by atoms with E-state index in [1.807, 2.05) is 81.7 Å². The van der Waals surface area contributed by atoms with Crippen LogP contribution in [0.3, 0.4) is 0 Å². The zero-order chi connectivity index (χ0) is 45.8. The molecule has 4 amide bonds. The van der Waals surface area contributed by atoms with Gasteiger partial charge >= 0.3 is 0 Å². The van der Waals surface area contributed by atoms with Gasteiger partial charge in [-0.15, -0.1) is 11.3 Å². The molecule has 1 aliphatic heterocycles. The molecule has 18 heteroatoms. The Hall–Kier alpha value is -6.66. The van der Waals surface area contributed by atoms with Crippen molar-refractivity contribution in [2.24, 2.45) is 10.4 Å². The lowest BCUT2D eigenvalue weighted by molar-refractivity contribution is -0.144. The predicted octanol–water partition coefficient (Wildman–Crippen LogP) is 4.61. The van der Waals surface area contributed by atoms with E-state index in [0.29, 0.717) is 43.1 Å². The summed E-state index contributed by atoms with van der Waals surface area (Å²) in [6.07, 6.45) is 4.76. The molecule has 0 unspecified atom stereocenters. The fourth-order valence-electron chi connectivity index (χ4n) is 7.36. The van der Waals surface area contributed by atoms with Gasteiger partial charge in [-0.25, -0.2) is 15.0 Å². The van der Waals surface area contributed by atoms with Gasteiger partial charge in [-0.05, 0) is 66.1 Å². The summed E-state index contributed by atoms with van der Waals surface area (Å²) in [6, 6.07) is 17.2. The number of carbonyl (C=O) groups is 4. The number of aliphatic hydroxyl groups excluding tert-OH is 1. The normalized spacial score (nSPS) is 15.7. The first-order chi connectivity index (χ1) is 30.7. The highest BCUT2D eigenvalue weighted by Gasteiger charge is 2.44. The van der Waals surface area contributed by atoms with Crippen molar-refractivity contribution in [2.75, 3.05) is 30.7 Å². The summed E-state index contributed by atoms with van der Waals surface area (Å²) in [4.78, 5) is 68.7. The van der Waals surface area contributed by atoms with Crippen LogP contribution in [0.5, 0.6) is 0 Å². The van der Waals surface area contributed by atoms with Crippen LogP contribution in [0.25, 0.3) is 21.6 Å². The molecule has 4 heterocycles. The van der Waals surface area contributed by atoms with Gasteiger partial charge in [0.05, 0.1) is 34.8 Å². The summed E-state index contributed by atoms with van der Waals surface area (Å²) in [7, 11) is 0. The van der Waals surface area contributed by atoms with Crippen LogP contribution in [0.15, 0.2) is 88.0 Å². The second-order valence-corrected chi connectivity index (χ2v) is 17.6. The molecule has 1 aliphatic rings. The quantitative estimate of drug-likeness (QED) is 0.0345. The lowest BCUT2D eigenvalue weighted by atomic mass is 9.85. The van der Waals surface area contributed by atoms with Gasteiger partial charge in [-0.1, -0.05) is 57.2 Å². The second kappa shape index (κ2) is 21.6. The van der Waals surface area contributed by atoms with Crippen LogP contribution >= 0.6 is 11.3 Å². The Labute approximate surface area is 376 Å². The zero-order valence-electron chi connectivity index (χ0n) is 36.6. The van der Waals surface area contributed by atoms with Gasteiger partial charge in [-0.3, -0.25) is 29.2 Å². The van der Waals surface area contributed by atoms with Crippen LogP contribution in [0.2, 0.25) is 0 Å². The summed E-state index contributed by atoms with van der Waals surface area (Å²) in [5.41, 5.74) is 13.0. The Kier molecular flexibility index (Phi) is 15.8. The van der Waals surface area contributed by atoms with Gasteiger partial charge in [0.1, 0.15) is 30.2 Å². The van der Waals surface area contributed by atoms with Crippen molar-refractivity contribution >= 4 is 52.8 Å². The Bertz CT molecular complexity index is 2460. The Balaban J connectivity index is 0.901. The molecule has 6 rings (SSSR count). The topological polar surface area (TPSA) is 246 Å². The maximum absolute atomic E-state index is 14.0. The Morgan fingerprint density at radius 3 is 2.38 bits per heavy atom. The molecule has 2 aromatic carbocycles. The first-order valence-corrected chi connectivity index (χ1v) is 22.2. The van der Waals surface area contributed by atoms with E-state index in [2.05, 4.69) is 36.2 Å². The van der Waals surface area contributed by atoms with Crippen molar-refractivity contribution in [2.45, 2.75) is 91.1 Å². The number of aryl methyl sites for hydroxylation is 1. The highest BCUT2D eigenvalue weighted by Crippen LogP contribution is 2.29. The molecule has 338 valence electrons. The van der Waals surface area contributed by atoms with Gasteiger partial charge in [0.2, 0.25) is 29.2 Å². The highest BCUT2D eigenvalue weighted by atomic mass is 32.1. The molecule has 1 fully saturated rings. The van der Waals surface area contributed by atoms with Gasteiger partial charge in [0.25, 0.3) is 0 Å². The third-order valence-electron chi connectivity index (χ3n) is 10.9. The monoisotopic (exact) mass is 891 g/mol. The van der Waals surface area contributed by atoms with Crippen molar-refractivity contribution in [1.29, 1.82) is 5.41 Å². The molecule has 0 radical (unpaired) electrons. The molecule has 1 saturated heterocycles. The van der Waals surface area contributed by atoms with Crippen LogP contribution in [0, 0.1) is 17.7 Å². The number of furan rings is 1. The number of unbranched alkanes of at least 4 members (excludes halogenated alkanes) is 1.